The van der Waals surface area contributed by atoms with Crippen LogP contribution < -0.4 is 11.1 Å². The van der Waals surface area contributed by atoms with Gasteiger partial charge in [0.25, 0.3) is 0 Å². The number of nitrogens with two attached hydrogens (primary N) is 1. The fourth-order valence-electron chi connectivity index (χ4n) is 1.80. The monoisotopic (exact) mass is 206 g/mol. The normalized spacial score (nSPS) is 13.1. The van der Waals surface area contributed by atoms with Crippen molar-refractivity contribution >= 4 is 5.69 Å². The molecule has 0 spiro atoms. The molecular weight excluding hydrogens is 184 g/mol. The number of rotatable bonds is 5. The van der Waals surface area contributed by atoms with Gasteiger partial charge in [-0.25, -0.2) is 0 Å². The molecular formula is C13H22N2. The van der Waals surface area contributed by atoms with Crippen molar-refractivity contribution in [2.75, 3.05) is 5.73 Å². The third-order valence-corrected chi connectivity index (χ3v) is 2.88. The van der Waals surface area contributed by atoms with Crippen LogP contribution in [0.4, 0.5) is 5.69 Å². The van der Waals surface area contributed by atoms with Gasteiger partial charge in [-0.15, -0.1) is 0 Å². The Balaban J connectivity index is 2.64. The summed E-state index contributed by atoms with van der Waals surface area (Å²) in [7, 11) is 0. The highest BCUT2D eigenvalue weighted by Gasteiger charge is 2.09. The summed E-state index contributed by atoms with van der Waals surface area (Å²) >= 11 is 0. The van der Waals surface area contributed by atoms with Gasteiger partial charge in [0.1, 0.15) is 0 Å². The van der Waals surface area contributed by atoms with Gasteiger partial charge < -0.3 is 11.1 Å². The van der Waals surface area contributed by atoms with E-state index in [-0.39, 0.29) is 0 Å². The summed E-state index contributed by atoms with van der Waals surface area (Å²) in [5.74, 6) is 0. The molecule has 1 atom stereocenters. The van der Waals surface area contributed by atoms with E-state index >= 15 is 0 Å². The van der Waals surface area contributed by atoms with Gasteiger partial charge in [-0.3, -0.25) is 0 Å². The molecule has 1 rings (SSSR count). The SMILES string of the molecule is CCC(CC)NC(C)c1cccc(N)c1. The second kappa shape index (κ2) is 5.76. The zero-order valence-corrected chi connectivity index (χ0v) is 9.96. The molecule has 0 heterocycles. The smallest absolute Gasteiger partial charge is 0.0317 e. The summed E-state index contributed by atoms with van der Waals surface area (Å²) in [6.07, 6.45) is 2.34. The molecule has 1 aromatic rings. The van der Waals surface area contributed by atoms with E-state index in [4.69, 9.17) is 5.73 Å². The van der Waals surface area contributed by atoms with Gasteiger partial charge >= 0.3 is 0 Å². The largest absolute Gasteiger partial charge is 0.399 e. The summed E-state index contributed by atoms with van der Waals surface area (Å²) in [4.78, 5) is 0. The second-order valence-electron chi connectivity index (χ2n) is 4.07. The van der Waals surface area contributed by atoms with E-state index in [9.17, 15) is 0 Å². The maximum Gasteiger partial charge on any atom is 0.0317 e. The van der Waals surface area contributed by atoms with Crippen LogP contribution in [0.25, 0.3) is 0 Å². The van der Waals surface area contributed by atoms with Crippen molar-refractivity contribution in [1.29, 1.82) is 0 Å². The van der Waals surface area contributed by atoms with Crippen LogP contribution in [0.2, 0.25) is 0 Å². The van der Waals surface area contributed by atoms with E-state index in [1.165, 1.54) is 18.4 Å². The Morgan fingerprint density at radius 1 is 1.27 bits per heavy atom. The first-order valence-electron chi connectivity index (χ1n) is 5.78. The molecule has 0 aliphatic carbocycles. The Morgan fingerprint density at radius 2 is 1.93 bits per heavy atom. The average molecular weight is 206 g/mol. The van der Waals surface area contributed by atoms with Gasteiger partial charge in [-0.05, 0) is 37.5 Å². The Labute approximate surface area is 92.9 Å². The summed E-state index contributed by atoms with van der Waals surface area (Å²) < 4.78 is 0. The molecule has 3 N–H and O–H groups in total. The van der Waals surface area contributed by atoms with Crippen LogP contribution in [0.5, 0.6) is 0 Å². The zero-order valence-electron chi connectivity index (χ0n) is 9.96. The van der Waals surface area contributed by atoms with Gasteiger partial charge in [0.15, 0.2) is 0 Å². The molecule has 1 unspecified atom stereocenters. The van der Waals surface area contributed by atoms with Gasteiger partial charge in [-0.1, -0.05) is 26.0 Å². The van der Waals surface area contributed by atoms with Crippen molar-refractivity contribution in [2.24, 2.45) is 0 Å². The zero-order chi connectivity index (χ0) is 11.3. The first-order valence-corrected chi connectivity index (χ1v) is 5.78. The van der Waals surface area contributed by atoms with Crippen LogP contribution in [-0.4, -0.2) is 6.04 Å². The highest BCUT2D eigenvalue weighted by molar-refractivity contribution is 5.41. The lowest BCUT2D eigenvalue weighted by atomic mass is 10.1. The molecule has 0 aromatic heterocycles. The van der Waals surface area contributed by atoms with Crippen molar-refractivity contribution in [1.82, 2.24) is 5.32 Å². The van der Waals surface area contributed by atoms with Crippen molar-refractivity contribution in [3.05, 3.63) is 29.8 Å². The van der Waals surface area contributed by atoms with Crippen LogP contribution >= 0.6 is 0 Å². The first-order chi connectivity index (χ1) is 7.17. The van der Waals surface area contributed by atoms with Crippen LogP contribution in [0.3, 0.4) is 0 Å². The number of nitrogens with one attached hydrogen (secondary N) is 1. The van der Waals surface area contributed by atoms with Crippen molar-refractivity contribution in [3.63, 3.8) is 0 Å². The number of anilines is 1. The third kappa shape index (κ3) is 3.56. The third-order valence-electron chi connectivity index (χ3n) is 2.88. The number of benzene rings is 1. The standard InChI is InChI=1S/C13H22N2/c1-4-13(5-2)15-10(3)11-7-6-8-12(14)9-11/h6-10,13,15H,4-5,14H2,1-3H3. The molecule has 0 bridgehead atoms. The highest BCUT2D eigenvalue weighted by Crippen LogP contribution is 2.16. The second-order valence-corrected chi connectivity index (χ2v) is 4.07. The minimum atomic E-state index is 0.374. The van der Waals surface area contributed by atoms with Crippen LogP contribution in [0, 0.1) is 0 Å². The molecule has 0 radical (unpaired) electrons. The minimum absolute atomic E-state index is 0.374. The Morgan fingerprint density at radius 3 is 2.47 bits per heavy atom. The molecule has 0 saturated heterocycles. The average Bonchev–Trinajstić information content (AvgIpc) is 2.25. The van der Waals surface area contributed by atoms with E-state index < -0.39 is 0 Å². The summed E-state index contributed by atoms with van der Waals surface area (Å²) in [6.45, 7) is 6.62. The van der Waals surface area contributed by atoms with Gasteiger partial charge in [0.2, 0.25) is 0 Å². The first kappa shape index (κ1) is 12.1. The maximum atomic E-state index is 5.76. The predicted molar refractivity (Wildman–Crippen MR) is 66.8 cm³/mol. The molecule has 2 nitrogen and oxygen atoms in total. The number of hydrogen-bond donors (Lipinski definition) is 2. The summed E-state index contributed by atoms with van der Waals surface area (Å²) in [6, 6.07) is 9.07. The van der Waals surface area contributed by atoms with Gasteiger partial charge in [0, 0.05) is 17.8 Å². The van der Waals surface area contributed by atoms with E-state index in [2.05, 4.69) is 32.2 Å². The van der Waals surface area contributed by atoms with Crippen molar-refractivity contribution in [2.45, 2.75) is 45.7 Å². The molecule has 84 valence electrons. The summed E-state index contributed by atoms with van der Waals surface area (Å²) in [5.41, 5.74) is 7.87. The molecule has 0 aliphatic rings. The molecule has 0 saturated carbocycles. The van der Waals surface area contributed by atoms with Gasteiger partial charge in [-0.2, -0.15) is 0 Å². The fourth-order valence-corrected chi connectivity index (χ4v) is 1.80. The van der Waals surface area contributed by atoms with Crippen LogP contribution in [0.15, 0.2) is 24.3 Å². The predicted octanol–water partition coefficient (Wildman–Crippen LogP) is 3.11. The number of hydrogen-bond acceptors (Lipinski definition) is 2. The molecule has 0 amide bonds. The Bertz CT molecular complexity index is 292. The molecule has 2 heteroatoms. The van der Waals surface area contributed by atoms with Crippen molar-refractivity contribution < 1.29 is 0 Å². The van der Waals surface area contributed by atoms with E-state index in [1.807, 2.05) is 18.2 Å². The van der Waals surface area contributed by atoms with Gasteiger partial charge in [0.05, 0.1) is 0 Å². The van der Waals surface area contributed by atoms with E-state index in [0.717, 1.165) is 5.69 Å². The topological polar surface area (TPSA) is 38.0 Å². The number of nitrogen functional groups attached to an aromatic ring is 1. The lowest BCUT2D eigenvalue weighted by Crippen LogP contribution is -2.30. The Hall–Kier alpha value is -1.02. The summed E-state index contributed by atoms with van der Waals surface area (Å²) in [5, 5.41) is 3.60. The fraction of sp³-hybridized carbons (Fsp3) is 0.538. The van der Waals surface area contributed by atoms with Crippen LogP contribution in [-0.2, 0) is 0 Å². The lowest BCUT2D eigenvalue weighted by molar-refractivity contribution is 0.432. The quantitative estimate of drug-likeness (QED) is 0.726. The lowest BCUT2D eigenvalue weighted by Gasteiger charge is -2.21. The molecule has 15 heavy (non-hydrogen) atoms. The van der Waals surface area contributed by atoms with Crippen molar-refractivity contribution in [3.8, 4) is 0 Å². The minimum Gasteiger partial charge on any atom is -0.399 e. The molecule has 0 aliphatic heterocycles. The highest BCUT2D eigenvalue weighted by atomic mass is 14.9. The Kier molecular flexibility index (Phi) is 4.63. The van der Waals surface area contributed by atoms with Crippen LogP contribution in [0.1, 0.15) is 45.2 Å². The van der Waals surface area contributed by atoms with E-state index in [0.29, 0.717) is 12.1 Å². The molecule has 1 aromatic carbocycles. The maximum absolute atomic E-state index is 5.76. The molecule has 0 fully saturated rings. The van der Waals surface area contributed by atoms with E-state index in [1.54, 1.807) is 0 Å².